The van der Waals surface area contributed by atoms with Crippen LogP contribution < -0.4 is 0 Å². The number of allylic oxidation sites excluding steroid dienone is 4. The summed E-state index contributed by atoms with van der Waals surface area (Å²) in [7, 11) is 0. The lowest BCUT2D eigenvalue weighted by atomic mass is 10.0. The molecule has 0 radical (unpaired) electrons. The molecular weight excluding hydrogens is 677 g/mol. The summed E-state index contributed by atoms with van der Waals surface area (Å²) < 4.78 is 4.22. The Balaban J connectivity index is 1.28. The molecule has 0 aliphatic heterocycles. The molecule has 9 rings (SSSR count). The Morgan fingerprint density at radius 3 is 1.90 bits per heavy atom. The fourth-order valence-corrected chi connectivity index (χ4v) is 8.75. The lowest BCUT2D eigenvalue weighted by Gasteiger charge is -2.09. The molecule has 0 fully saturated rings. The molecule has 5 aromatic carbocycles. The first kappa shape index (κ1) is 31.3. The van der Waals surface area contributed by atoms with Gasteiger partial charge in [-0.25, -0.2) is 24.9 Å². The molecule has 244 valence electrons. The van der Waals surface area contributed by atoms with Crippen molar-refractivity contribution in [3.63, 3.8) is 0 Å². The highest BCUT2D eigenvalue weighted by Crippen LogP contribution is 2.44. The van der Waals surface area contributed by atoms with E-state index >= 15 is 0 Å². The third-order valence-electron chi connectivity index (χ3n) is 8.78. The van der Waals surface area contributed by atoms with Gasteiger partial charge in [0.05, 0.1) is 27.6 Å². The number of thiophene rings is 2. The molecule has 0 saturated heterocycles. The van der Waals surface area contributed by atoms with Crippen LogP contribution in [0.25, 0.3) is 92.1 Å². The van der Waals surface area contributed by atoms with Crippen LogP contribution in [0.15, 0.2) is 152 Å². The van der Waals surface area contributed by atoms with Crippen LogP contribution in [0.4, 0.5) is 0 Å². The van der Waals surface area contributed by atoms with E-state index in [1.54, 1.807) is 40.9 Å². The van der Waals surface area contributed by atoms with E-state index in [9.17, 15) is 5.26 Å². The van der Waals surface area contributed by atoms with Gasteiger partial charge in [-0.2, -0.15) is 5.26 Å². The van der Waals surface area contributed by atoms with Gasteiger partial charge < -0.3 is 0 Å². The van der Waals surface area contributed by atoms with E-state index < -0.39 is 0 Å². The minimum Gasteiger partial charge on any atom is -0.227 e. The smallest absolute Gasteiger partial charge is 0.164 e. The van der Waals surface area contributed by atoms with Crippen molar-refractivity contribution >= 4 is 69.2 Å². The molecule has 0 amide bonds. The molecule has 9 aromatic rings. The zero-order valence-electron chi connectivity index (χ0n) is 27.6. The van der Waals surface area contributed by atoms with Gasteiger partial charge in [-0.15, -0.1) is 22.7 Å². The highest BCUT2D eigenvalue weighted by atomic mass is 32.1. The number of nitrogens with zero attached hydrogens (tertiary/aromatic N) is 6. The lowest BCUT2D eigenvalue weighted by molar-refractivity contribution is 1.08. The van der Waals surface area contributed by atoms with Crippen molar-refractivity contribution in [1.82, 2.24) is 24.9 Å². The van der Waals surface area contributed by atoms with Crippen LogP contribution in [0.3, 0.4) is 0 Å². The minimum atomic E-state index is 0.482. The van der Waals surface area contributed by atoms with Gasteiger partial charge in [-0.1, -0.05) is 122 Å². The van der Waals surface area contributed by atoms with Crippen molar-refractivity contribution in [1.29, 1.82) is 5.26 Å². The Labute approximate surface area is 307 Å². The number of aromatic nitrogens is 5. The number of hydrogen-bond donors (Lipinski definition) is 0. The molecule has 0 atom stereocenters. The highest BCUT2D eigenvalue weighted by Gasteiger charge is 2.21. The molecule has 0 N–H and O–H groups in total. The van der Waals surface area contributed by atoms with Crippen LogP contribution in [-0.4, -0.2) is 24.9 Å². The summed E-state index contributed by atoms with van der Waals surface area (Å²) in [5.74, 6) is 2.44. The summed E-state index contributed by atoms with van der Waals surface area (Å²) in [5, 5.41) is 13.2. The van der Waals surface area contributed by atoms with E-state index in [1.807, 2.05) is 78.9 Å². The van der Waals surface area contributed by atoms with Gasteiger partial charge in [0.25, 0.3) is 0 Å². The number of rotatable bonds is 7. The maximum Gasteiger partial charge on any atom is 0.164 e. The minimum absolute atomic E-state index is 0.482. The molecule has 8 heteroatoms. The molecule has 0 aliphatic rings. The van der Waals surface area contributed by atoms with Gasteiger partial charge in [0.2, 0.25) is 0 Å². The molecule has 4 aromatic heterocycles. The lowest BCUT2D eigenvalue weighted by Crippen LogP contribution is -2.00. The van der Waals surface area contributed by atoms with Crippen molar-refractivity contribution in [2.45, 2.75) is 0 Å². The van der Waals surface area contributed by atoms with Crippen LogP contribution in [0.2, 0.25) is 0 Å². The molecule has 0 saturated carbocycles. The Hall–Kier alpha value is -6.66. The van der Waals surface area contributed by atoms with Crippen molar-refractivity contribution in [2.24, 2.45) is 0 Å². The molecule has 0 bridgehead atoms. The van der Waals surface area contributed by atoms with Gasteiger partial charge in [0.1, 0.15) is 0 Å². The summed E-state index contributed by atoms with van der Waals surface area (Å²) >= 11 is 3.34. The zero-order valence-corrected chi connectivity index (χ0v) is 29.2. The molecule has 52 heavy (non-hydrogen) atoms. The third-order valence-corrected chi connectivity index (χ3v) is 11.2. The Kier molecular flexibility index (Phi) is 7.97. The highest BCUT2D eigenvalue weighted by molar-refractivity contribution is 7.26. The standard InChI is InChI=1S/C44H26N6S2/c1-2-3-14-27(26-45)25-34-40-38(30-19-10-11-23-35(30)51-40)47-44(46-34)33-22-12-20-31-37-32(21-13-24-36(37)52-39(31)33)43-49-41(28-15-6-4-7-16-28)48-42(50-43)29-17-8-5-9-18-29/h2-25H,1H2/b14-3-,27-25-. The summed E-state index contributed by atoms with van der Waals surface area (Å²) in [4.78, 5) is 25.4. The fourth-order valence-electron chi connectivity index (χ4n) is 6.41. The number of benzene rings is 5. The van der Waals surface area contributed by atoms with Crippen LogP contribution in [0.1, 0.15) is 5.69 Å². The van der Waals surface area contributed by atoms with Crippen molar-refractivity contribution in [3.8, 4) is 51.6 Å². The average Bonchev–Trinajstić information content (AvgIpc) is 3.79. The van der Waals surface area contributed by atoms with Crippen molar-refractivity contribution in [2.75, 3.05) is 0 Å². The second-order valence-corrected chi connectivity index (χ2v) is 14.1. The normalized spacial score (nSPS) is 11.9. The second kappa shape index (κ2) is 13.2. The average molecular weight is 703 g/mol. The van der Waals surface area contributed by atoms with Crippen molar-refractivity contribution < 1.29 is 0 Å². The summed E-state index contributed by atoms with van der Waals surface area (Å²) in [6.45, 7) is 3.76. The van der Waals surface area contributed by atoms with Crippen LogP contribution in [-0.2, 0) is 0 Å². The summed E-state index contributed by atoms with van der Waals surface area (Å²) in [6.07, 6.45) is 6.99. The predicted molar refractivity (Wildman–Crippen MR) is 216 cm³/mol. The SMILES string of the molecule is C=C/C=C\C(C#N)=C\c1nc(-c2cccc3c2sc2cccc(-c4nc(-c5ccccc5)nc(-c5ccccc5)n4)c23)nc2c1sc1ccccc12. The maximum absolute atomic E-state index is 9.96. The largest absolute Gasteiger partial charge is 0.227 e. The molecule has 4 heterocycles. The van der Waals surface area contributed by atoms with Crippen molar-refractivity contribution in [3.05, 3.63) is 157 Å². The van der Waals surface area contributed by atoms with Gasteiger partial charge in [0.15, 0.2) is 23.3 Å². The quantitative estimate of drug-likeness (QED) is 0.121. The summed E-state index contributed by atoms with van der Waals surface area (Å²) in [5.41, 5.74) is 5.74. The van der Waals surface area contributed by atoms with Gasteiger partial charge >= 0.3 is 0 Å². The first-order valence-corrected chi connectivity index (χ1v) is 18.2. The van der Waals surface area contributed by atoms with E-state index in [2.05, 4.69) is 61.2 Å². The Morgan fingerprint density at radius 2 is 1.17 bits per heavy atom. The number of hydrogen-bond acceptors (Lipinski definition) is 8. The molecular formula is C44H26N6S2. The molecule has 0 unspecified atom stereocenters. The second-order valence-electron chi connectivity index (χ2n) is 12.0. The third kappa shape index (κ3) is 5.55. The molecule has 6 nitrogen and oxygen atoms in total. The maximum atomic E-state index is 9.96. The van der Waals surface area contributed by atoms with Crippen LogP contribution in [0, 0.1) is 11.3 Å². The topological polar surface area (TPSA) is 88.2 Å². The first-order chi connectivity index (χ1) is 25.7. The van der Waals surface area contributed by atoms with E-state index in [4.69, 9.17) is 24.9 Å². The first-order valence-electron chi connectivity index (χ1n) is 16.6. The van der Waals surface area contributed by atoms with E-state index in [0.717, 1.165) is 62.7 Å². The fraction of sp³-hybridized carbons (Fsp3) is 0. The molecule has 0 aliphatic carbocycles. The van der Waals surface area contributed by atoms with E-state index in [-0.39, 0.29) is 0 Å². The monoisotopic (exact) mass is 702 g/mol. The van der Waals surface area contributed by atoms with E-state index in [0.29, 0.717) is 34.6 Å². The predicted octanol–water partition coefficient (Wildman–Crippen LogP) is 11.7. The van der Waals surface area contributed by atoms with E-state index in [1.165, 1.54) is 0 Å². The Bertz CT molecular complexity index is 2880. The Morgan fingerprint density at radius 1 is 0.577 bits per heavy atom. The van der Waals surface area contributed by atoms with Gasteiger partial charge in [-0.3, -0.25) is 0 Å². The van der Waals surface area contributed by atoms with Gasteiger partial charge in [0, 0.05) is 52.5 Å². The number of fused-ring (bicyclic) bond motifs is 6. The van der Waals surface area contributed by atoms with Crippen LogP contribution in [0.5, 0.6) is 0 Å². The number of nitriles is 1. The molecule has 0 spiro atoms. The summed E-state index contributed by atoms with van der Waals surface area (Å²) in [6, 6.07) is 43.1. The zero-order chi connectivity index (χ0) is 35.0. The van der Waals surface area contributed by atoms with Crippen LogP contribution >= 0.6 is 22.7 Å². The van der Waals surface area contributed by atoms with Gasteiger partial charge in [-0.05, 0) is 30.4 Å².